The lowest BCUT2D eigenvalue weighted by atomic mass is 10.0. The van der Waals surface area contributed by atoms with Crippen molar-refractivity contribution in [3.63, 3.8) is 0 Å². The Morgan fingerprint density at radius 2 is 2.05 bits per heavy atom. The van der Waals surface area contributed by atoms with Gasteiger partial charge in [-0.1, -0.05) is 19.8 Å². The molecule has 0 aromatic heterocycles. The van der Waals surface area contributed by atoms with Gasteiger partial charge in [0, 0.05) is 23.4 Å². The number of benzene rings is 1. The van der Waals surface area contributed by atoms with Gasteiger partial charge >= 0.3 is 0 Å². The fourth-order valence-corrected chi connectivity index (χ4v) is 2.77. The Kier molecular flexibility index (Phi) is 4.88. The molecule has 2 rings (SSSR count). The van der Waals surface area contributed by atoms with Gasteiger partial charge in [0.2, 0.25) is 0 Å². The smallest absolute Gasteiger partial charge is 0.251 e. The maximum Gasteiger partial charge on any atom is 0.251 e. The molecule has 1 aromatic carbocycles. The number of rotatable bonds is 3. The number of nitrogens with two attached hydrogens (primary N) is 1. The van der Waals surface area contributed by atoms with E-state index < -0.39 is 0 Å². The number of ether oxygens (including phenoxy) is 1. The van der Waals surface area contributed by atoms with E-state index in [-0.39, 0.29) is 11.9 Å². The maximum atomic E-state index is 12.3. The Morgan fingerprint density at radius 3 is 2.80 bits per heavy atom. The van der Waals surface area contributed by atoms with Crippen LogP contribution in [0.4, 0.5) is 5.69 Å². The minimum absolute atomic E-state index is 0.0600. The first-order valence-electron chi connectivity index (χ1n) is 7.34. The molecule has 0 heterocycles. The predicted molar refractivity (Wildman–Crippen MR) is 80.9 cm³/mol. The number of amides is 1. The van der Waals surface area contributed by atoms with Gasteiger partial charge in [-0.2, -0.15) is 0 Å². The van der Waals surface area contributed by atoms with E-state index in [1.165, 1.54) is 19.3 Å². The quantitative estimate of drug-likeness (QED) is 0.659. The van der Waals surface area contributed by atoms with Crippen LogP contribution in [-0.4, -0.2) is 19.1 Å². The summed E-state index contributed by atoms with van der Waals surface area (Å²) in [6.07, 6.45) is 5.76. The summed E-state index contributed by atoms with van der Waals surface area (Å²) in [5.74, 6) is 1.32. The number of hydrogen-bond donors (Lipinski definition) is 2. The van der Waals surface area contributed by atoms with Gasteiger partial charge in [-0.15, -0.1) is 0 Å². The van der Waals surface area contributed by atoms with Crippen LogP contribution in [0.25, 0.3) is 0 Å². The largest absolute Gasteiger partial charge is 0.497 e. The van der Waals surface area contributed by atoms with Crippen LogP contribution in [0.1, 0.15) is 49.4 Å². The van der Waals surface area contributed by atoms with Crippen molar-refractivity contribution in [3.8, 4) is 5.75 Å². The molecule has 0 saturated heterocycles. The third kappa shape index (κ3) is 3.89. The fourth-order valence-electron chi connectivity index (χ4n) is 2.77. The van der Waals surface area contributed by atoms with Crippen molar-refractivity contribution in [2.45, 2.75) is 45.1 Å². The van der Waals surface area contributed by atoms with Crippen LogP contribution in [0, 0.1) is 5.92 Å². The van der Waals surface area contributed by atoms with E-state index in [4.69, 9.17) is 10.5 Å². The van der Waals surface area contributed by atoms with Crippen LogP contribution in [0.5, 0.6) is 5.75 Å². The molecule has 2 unspecified atom stereocenters. The minimum atomic E-state index is -0.0600. The van der Waals surface area contributed by atoms with E-state index in [1.807, 2.05) is 0 Å². The molecule has 0 bridgehead atoms. The number of nitrogen functional groups attached to an aromatic ring is 1. The highest BCUT2D eigenvalue weighted by atomic mass is 16.5. The molecule has 1 aliphatic rings. The summed E-state index contributed by atoms with van der Waals surface area (Å²) in [5.41, 5.74) is 6.90. The predicted octanol–water partition coefficient (Wildman–Crippen LogP) is 2.98. The van der Waals surface area contributed by atoms with Crippen molar-refractivity contribution in [2.75, 3.05) is 12.8 Å². The number of carbonyl (C=O) groups excluding carboxylic acids is 1. The van der Waals surface area contributed by atoms with E-state index in [0.29, 0.717) is 17.0 Å². The Hall–Kier alpha value is -1.71. The summed E-state index contributed by atoms with van der Waals surface area (Å²) in [6, 6.07) is 5.41. The van der Waals surface area contributed by atoms with Crippen LogP contribution in [-0.2, 0) is 0 Å². The highest BCUT2D eigenvalue weighted by molar-refractivity contribution is 5.95. The molecule has 1 aromatic rings. The number of hydrogen-bond acceptors (Lipinski definition) is 3. The van der Waals surface area contributed by atoms with Gasteiger partial charge < -0.3 is 15.8 Å². The van der Waals surface area contributed by atoms with E-state index in [9.17, 15) is 4.79 Å². The zero-order valence-electron chi connectivity index (χ0n) is 12.3. The van der Waals surface area contributed by atoms with Crippen LogP contribution in [0.3, 0.4) is 0 Å². The fraction of sp³-hybridized carbons (Fsp3) is 0.562. The zero-order chi connectivity index (χ0) is 14.5. The van der Waals surface area contributed by atoms with Crippen LogP contribution >= 0.6 is 0 Å². The molecule has 3 N–H and O–H groups in total. The van der Waals surface area contributed by atoms with Crippen LogP contribution < -0.4 is 15.8 Å². The van der Waals surface area contributed by atoms with Crippen molar-refractivity contribution in [1.29, 1.82) is 0 Å². The molecule has 4 heteroatoms. The first kappa shape index (κ1) is 14.7. The standard InChI is InChI=1S/C16H24N2O2/c1-11-4-3-5-14(7-6-11)18-16(19)12-8-13(17)10-15(9-12)20-2/h8-11,14H,3-7,17H2,1-2H3,(H,18,19). The Bertz CT molecular complexity index is 474. The van der Waals surface area contributed by atoms with Gasteiger partial charge in [-0.05, 0) is 37.3 Å². The molecule has 1 saturated carbocycles. The molecule has 0 aliphatic heterocycles. The summed E-state index contributed by atoms with van der Waals surface area (Å²) >= 11 is 0. The van der Waals surface area contributed by atoms with Crippen molar-refractivity contribution in [1.82, 2.24) is 5.32 Å². The van der Waals surface area contributed by atoms with E-state index in [2.05, 4.69) is 12.2 Å². The number of nitrogens with one attached hydrogen (secondary N) is 1. The second-order valence-corrected chi connectivity index (χ2v) is 5.78. The van der Waals surface area contributed by atoms with Crippen molar-refractivity contribution in [3.05, 3.63) is 23.8 Å². The average molecular weight is 276 g/mol. The SMILES string of the molecule is COc1cc(N)cc(C(=O)NC2CCCC(C)CC2)c1. The second kappa shape index (κ2) is 6.64. The molecule has 0 spiro atoms. The minimum Gasteiger partial charge on any atom is -0.497 e. The summed E-state index contributed by atoms with van der Waals surface area (Å²) < 4.78 is 5.15. The maximum absolute atomic E-state index is 12.3. The van der Waals surface area contributed by atoms with Gasteiger partial charge in [-0.3, -0.25) is 4.79 Å². The van der Waals surface area contributed by atoms with Crippen molar-refractivity contribution < 1.29 is 9.53 Å². The Balaban J connectivity index is 2.02. The van der Waals surface area contributed by atoms with Gasteiger partial charge in [0.1, 0.15) is 5.75 Å². The van der Waals surface area contributed by atoms with Gasteiger partial charge in [0.15, 0.2) is 0 Å². The lowest BCUT2D eigenvalue weighted by Gasteiger charge is -2.17. The summed E-state index contributed by atoms with van der Waals surface area (Å²) in [4.78, 5) is 12.3. The molecule has 1 fully saturated rings. The van der Waals surface area contributed by atoms with Gasteiger partial charge in [-0.25, -0.2) is 0 Å². The zero-order valence-corrected chi connectivity index (χ0v) is 12.3. The molecule has 2 atom stereocenters. The van der Waals surface area contributed by atoms with Gasteiger partial charge in [0.05, 0.1) is 7.11 Å². The van der Waals surface area contributed by atoms with Crippen molar-refractivity contribution in [2.24, 2.45) is 5.92 Å². The molecular weight excluding hydrogens is 252 g/mol. The third-order valence-electron chi connectivity index (χ3n) is 4.02. The number of methoxy groups -OCH3 is 1. The molecule has 20 heavy (non-hydrogen) atoms. The number of carbonyl (C=O) groups is 1. The molecule has 1 amide bonds. The topological polar surface area (TPSA) is 64.3 Å². The normalized spacial score (nSPS) is 22.9. The Morgan fingerprint density at radius 1 is 1.25 bits per heavy atom. The summed E-state index contributed by atoms with van der Waals surface area (Å²) in [6.45, 7) is 2.28. The summed E-state index contributed by atoms with van der Waals surface area (Å²) in [7, 11) is 1.57. The average Bonchev–Trinajstić information content (AvgIpc) is 2.63. The highest BCUT2D eigenvalue weighted by Crippen LogP contribution is 2.23. The first-order valence-corrected chi connectivity index (χ1v) is 7.34. The molecular formula is C16H24N2O2. The van der Waals surface area contributed by atoms with Crippen LogP contribution in [0.2, 0.25) is 0 Å². The van der Waals surface area contributed by atoms with E-state index in [1.54, 1.807) is 25.3 Å². The second-order valence-electron chi connectivity index (χ2n) is 5.78. The lowest BCUT2D eigenvalue weighted by Crippen LogP contribution is -2.34. The van der Waals surface area contributed by atoms with Crippen LogP contribution in [0.15, 0.2) is 18.2 Å². The van der Waals surface area contributed by atoms with Crippen molar-refractivity contribution >= 4 is 11.6 Å². The highest BCUT2D eigenvalue weighted by Gasteiger charge is 2.19. The lowest BCUT2D eigenvalue weighted by molar-refractivity contribution is 0.0933. The Labute approximate surface area is 120 Å². The molecule has 4 nitrogen and oxygen atoms in total. The van der Waals surface area contributed by atoms with Gasteiger partial charge in [0.25, 0.3) is 5.91 Å². The molecule has 110 valence electrons. The monoisotopic (exact) mass is 276 g/mol. The first-order chi connectivity index (χ1) is 9.58. The number of anilines is 1. The van der Waals surface area contributed by atoms with E-state index >= 15 is 0 Å². The third-order valence-corrected chi connectivity index (χ3v) is 4.02. The van der Waals surface area contributed by atoms with E-state index in [0.717, 1.165) is 18.8 Å². The summed E-state index contributed by atoms with van der Waals surface area (Å²) in [5, 5.41) is 3.12. The molecule has 0 radical (unpaired) electrons. The molecule has 1 aliphatic carbocycles.